The second-order valence-corrected chi connectivity index (χ2v) is 6.60. The second-order valence-electron chi connectivity index (χ2n) is 6.60. The number of carbonyl (C=O) groups is 2. The van der Waals surface area contributed by atoms with Crippen molar-refractivity contribution >= 4 is 22.6 Å². The van der Waals surface area contributed by atoms with Crippen LogP contribution in [0.5, 0.6) is 0 Å². The van der Waals surface area contributed by atoms with Gasteiger partial charge < -0.3 is 10.2 Å². The number of amides is 2. The molecule has 2 aromatic carbocycles. The van der Waals surface area contributed by atoms with E-state index < -0.39 is 0 Å². The van der Waals surface area contributed by atoms with Crippen molar-refractivity contribution in [3.63, 3.8) is 0 Å². The molecule has 0 aliphatic carbocycles. The van der Waals surface area contributed by atoms with Crippen LogP contribution in [0.15, 0.2) is 42.5 Å². The molecule has 0 aliphatic rings. The maximum Gasteiger partial charge on any atom is 0.236 e. The van der Waals surface area contributed by atoms with Gasteiger partial charge in [-0.1, -0.05) is 42.5 Å². The lowest BCUT2D eigenvalue weighted by Crippen LogP contribution is -2.43. The summed E-state index contributed by atoms with van der Waals surface area (Å²) in [5, 5.41) is 5.35. The Labute approximate surface area is 156 Å². The van der Waals surface area contributed by atoms with E-state index in [4.69, 9.17) is 0 Å². The fourth-order valence-corrected chi connectivity index (χ4v) is 3.20. The fraction of sp³-hybridized carbons (Fsp3) is 0.429. The molecule has 0 heterocycles. The lowest BCUT2D eigenvalue weighted by Gasteiger charge is -2.23. The normalized spacial score (nSPS) is 12.2. The monoisotopic (exact) mass is 355 g/mol. The molecule has 2 rings (SSSR count). The smallest absolute Gasteiger partial charge is 0.236 e. The van der Waals surface area contributed by atoms with Crippen molar-refractivity contribution in [1.29, 1.82) is 0 Å². The van der Waals surface area contributed by atoms with Gasteiger partial charge in [0.1, 0.15) is 0 Å². The highest BCUT2D eigenvalue weighted by Gasteiger charge is 2.17. The first-order chi connectivity index (χ1) is 12.5. The van der Waals surface area contributed by atoms with E-state index in [-0.39, 0.29) is 30.9 Å². The van der Waals surface area contributed by atoms with Crippen molar-refractivity contribution in [2.24, 2.45) is 0 Å². The summed E-state index contributed by atoms with van der Waals surface area (Å²) in [5.74, 6) is -0.0346. The predicted octanol–water partition coefficient (Wildman–Crippen LogP) is 2.82. The van der Waals surface area contributed by atoms with Gasteiger partial charge in [0.25, 0.3) is 0 Å². The molecule has 0 radical (unpaired) electrons. The summed E-state index contributed by atoms with van der Waals surface area (Å²) in [6, 6.07) is 14.2. The van der Waals surface area contributed by atoms with Crippen molar-refractivity contribution in [2.75, 3.05) is 33.2 Å². The number of nitrogens with zero attached hydrogens (tertiary/aromatic N) is 2. The van der Waals surface area contributed by atoms with Crippen LogP contribution in [0, 0.1) is 0 Å². The van der Waals surface area contributed by atoms with Gasteiger partial charge in [0.15, 0.2) is 0 Å². The number of benzene rings is 2. The Hall–Kier alpha value is -2.40. The van der Waals surface area contributed by atoms with E-state index in [9.17, 15) is 9.59 Å². The van der Waals surface area contributed by atoms with Gasteiger partial charge in [0.2, 0.25) is 11.8 Å². The molecule has 5 nitrogen and oxygen atoms in total. The maximum absolute atomic E-state index is 12.4. The molecule has 0 fully saturated rings. The van der Waals surface area contributed by atoms with Crippen LogP contribution in [-0.4, -0.2) is 54.8 Å². The predicted molar refractivity (Wildman–Crippen MR) is 106 cm³/mol. The summed E-state index contributed by atoms with van der Waals surface area (Å²) in [5.41, 5.74) is 1.10. The molecule has 2 aromatic rings. The standard InChI is InChI=1S/C21H29N3O2/c1-5-24(6-2)21(26)15-23(4)14-20(25)22-16(3)18-13-9-11-17-10-7-8-12-19(17)18/h7-13,16H,5-6,14-15H2,1-4H3,(H,22,25)/t16-/m0/s1. The average molecular weight is 355 g/mol. The van der Waals surface area contributed by atoms with Crippen LogP contribution in [0.2, 0.25) is 0 Å². The van der Waals surface area contributed by atoms with Gasteiger partial charge in [-0.15, -0.1) is 0 Å². The number of fused-ring (bicyclic) bond motifs is 1. The van der Waals surface area contributed by atoms with Gasteiger partial charge in [0.05, 0.1) is 19.1 Å². The van der Waals surface area contributed by atoms with Gasteiger partial charge in [-0.3, -0.25) is 14.5 Å². The largest absolute Gasteiger partial charge is 0.348 e. The lowest BCUT2D eigenvalue weighted by atomic mass is 10.00. The molecule has 5 heteroatoms. The third-order valence-corrected chi connectivity index (χ3v) is 4.60. The van der Waals surface area contributed by atoms with E-state index in [0.717, 1.165) is 16.3 Å². The molecule has 1 N–H and O–H groups in total. The fourth-order valence-electron chi connectivity index (χ4n) is 3.20. The van der Waals surface area contributed by atoms with Crippen molar-refractivity contribution in [3.05, 3.63) is 48.0 Å². The second kappa shape index (κ2) is 9.34. The summed E-state index contributed by atoms with van der Waals surface area (Å²) in [7, 11) is 1.80. The summed E-state index contributed by atoms with van der Waals surface area (Å²) < 4.78 is 0. The highest BCUT2D eigenvalue weighted by molar-refractivity contribution is 5.87. The van der Waals surface area contributed by atoms with Crippen LogP contribution in [0.1, 0.15) is 32.4 Å². The number of rotatable bonds is 8. The molecule has 0 bridgehead atoms. The summed E-state index contributed by atoms with van der Waals surface area (Å²) >= 11 is 0. The molecular weight excluding hydrogens is 326 g/mol. The summed E-state index contributed by atoms with van der Waals surface area (Å²) in [6.45, 7) is 7.72. The zero-order valence-corrected chi connectivity index (χ0v) is 16.2. The minimum Gasteiger partial charge on any atom is -0.348 e. The zero-order valence-electron chi connectivity index (χ0n) is 16.2. The molecule has 0 aromatic heterocycles. The third kappa shape index (κ3) is 5.05. The van der Waals surface area contributed by atoms with Crippen LogP contribution in [0.4, 0.5) is 0 Å². The van der Waals surface area contributed by atoms with E-state index in [2.05, 4.69) is 23.5 Å². The van der Waals surface area contributed by atoms with Crippen molar-refractivity contribution in [1.82, 2.24) is 15.1 Å². The number of hydrogen-bond acceptors (Lipinski definition) is 3. The van der Waals surface area contributed by atoms with Crippen LogP contribution < -0.4 is 5.32 Å². The average Bonchev–Trinajstić information content (AvgIpc) is 2.61. The van der Waals surface area contributed by atoms with Gasteiger partial charge in [-0.2, -0.15) is 0 Å². The van der Waals surface area contributed by atoms with Gasteiger partial charge >= 0.3 is 0 Å². The number of carbonyl (C=O) groups excluding carboxylic acids is 2. The van der Waals surface area contributed by atoms with Crippen molar-refractivity contribution < 1.29 is 9.59 Å². The van der Waals surface area contributed by atoms with Crippen molar-refractivity contribution in [3.8, 4) is 0 Å². The Morgan fingerprint density at radius 2 is 1.65 bits per heavy atom. The maximum atomic E-state index is 12.4. The molecule has 0 saturated heterocycles. The topological polar surface area (TPSA) is 52.7 Å². The van der Waals surface area contributed by atoms with E-state index in [1.165, 1.54) is 0 Å². The number of nitrogens with one attached hydrogen (secondary N) is 1. The first-order valence-corrected chi connectivity index (χ1v) is 9.19. The minimum absolute atomic E-state index is 0.0485. The SMILES string of the molecule is CCN(CC)C(=O)CN(C)CC(=O)N[C@@H](C)c1cccc2ccccc12. The third-order valence-electron chi connectivity index (χ3n) is 4.60. The quantitative estimate of drug-likeness (QED) is 0.792. The van der Waals surface area contributed by atoms with Crippen LogP contribution >= 0.6 is 0 Å². The van der Waals surface area contributed by atoms with Gasteiger partial charge in [-0.25, -0.2) is 0 Å². The molecule has 140 valence electrons. The Morgan fingerprint density at radius 1 is 1.00 bits per heavy atom. The molecule has 0 spiro atoms. The summed E-state index contributed by atoms with van der Waals surface area (Å²) in [6.07, 6.45) is 0. The molecule has 2 amide bonds. The molecule has 0 saturated carbocycles. The number of likely N-dealkylation sites (N-methyl/N-ethyl adjacent to an activating group) is 2. The van der Waals surface area contributed by atoms with E-state index in [1.807, 2.05) is 45.0 Å². The van der Waals surface area contributed by atoms with E-state index >= 15 is 0 Å². The lowest BCUT2D eigenvalue weighted by molar-refractivity contribution is -0.132. The first-order valence-electron chi connectivity index (χ1n) is 9.19. The molecule has 0 unspecified atom stereocenters. The molecule has 0 aliphatic heterocycles. The Bertz CT molecular complexity index is 751. The van der Waals surface area contributed by atoms with Crippen LogP contribution in [0.3, 0.4) is 0 Å². The first kappa shape index (κ1) is 19.9. The zero-order chi connectivity index (χ0) is 19.1. The van der Waals surface area contributed by atoms with Gasteiger partial charge in [-0.05, 0) is 44.2 Å². The summed E-state index contributed by atoms with van der Waals surface area (Å²) in [4.78, 5) is 28.1. The number of hydrogen-bond donors (Lipinski definition) is 1. The highest BCUT2D eigenvalue weighted by atomic mass is 16.2. The molecular formula is C21H29N3O2. The van der Waals surface area contributed by atoms with Gasteiger partial charge in [0, 0.05) is 13.1 Å². The van der Waals surface area contributed by atoms with Crippen LogP contribution in [-0.2, 0) is 9.59 Å². The highest BCUT2D eigenvalue weighted by Crippen LogP contribution is 2.23. The minimum atomic E-state index is -0.0968. The van der Waals surface area contributed by atoms with E-state index in [0.29, 0.717) is 13.1 Å². The molecule has 26 heavy (non-hydrogen) atoms. The van der Waals surface area contributed by atoms with Crippen LogP contribution in [0.25, 0.3) is 10.8 Å². The Kier molecular flexibility index (Phi) is 7.16. The Balaban J connectivity index is 1.95. The Morgan fingerprint density at radius 3 is 2.35 bits per heavy atom. The molecule has 1 atom stereocenters. The van der Waals surface area contributed by atoms with Crippen molar-refractivity contribution in [2.45, 2.75) is 26.8 Å². The van der Waals surface area contributed by atoms with E-state index in [1.54, 1.807) is 16.8 Å².